The lowest BCUT2D eigenvalue weighted by atomic mass is 10.3. The summed E-state index contributed by atoms with van der Waals surface area (Å²) in [7, 11) is 0. The van der Waals surface area contributed by atoms with E-state index in [-0.39, 0.29) is 5.82 Å². The van der Waals surface area contributed by atoms with Crippen molar-refractivity contribution in [3.05, 3.63) is 39.6 Å². The van der Waals surface area contributed by atoms with E-state index in [4.69, 9.17) is 11.6 Å². The first-order valence-electron chi connectivity index (χ1n) is 4.08. The van der Waals surface area contributed by atoms with Crippen molar-refractivity contribution in [1.82, 2.24) is 0 Å². The molecule has 0 bridgehead atoms. The summed E-state index contributed by atoms with van der Waals surface area (Å²) in [6.07, 6.45) is 0. The molecule has 0 heterocycles. The predicted molar refractivity (Wildman–Crippen MR) is 62.2 cm³/mol. The number of anilines is 1. The molecule has 0 spiro atoms. The minimum absolute atomic E-state index is 0.268. The van der Waals surface area contributed by atoms with Crippen LogP contribution in [0.25, 0.3) is 0 Å². The molecule has 0 unspecified atom stereocenters. The first kappa shape index (κ1) is 11.5. The molecule has 0 saturated heterocycles. The molecule has 1 aromatic carbocycles. The average Bonchev–Trinajstić information content (AvgIpc) is 2.19. The standard InChI is InChI=1S/C10H10BrClFN/c1-7(5-12)6-14-10-4-8(11)2-3-9(10)13/h2-5,14H,6H2,1H3/b7-5-. The molecule has 0 amide bonds. The van der Waals surface area contributed by atoms with Crippen LogP contribution in [0, 0.1) is 5.82 Å². The molecule has 76 valence electrons. The van der Waals surface area contributed by atoms with Crippen LogP contribution in [0.5, 0.6) is 0 Å². The highest BCUT2D eigenvalue weighted by atomic mass is 79.9. The van der Waals surface area contributed by atoms with Crippen LogP contribution < -0.4 is 5.32 Å². The van der Waals surface area contributed by atoms with Gasteiger partial charge in [-0.25, -0.2) is 4.39 Å². The zero-order valence-electron chi connectivity index (χ0n) is 7.65. The third-order valence-electron chi connectivity index (χ3n) is 1.67. The van der Waals surface area contributed by atoms with Crippen molar-refractivity contribution in [3.8, 4) is 0 Å². The van der Waals surface area contributed by atoms with Crippen LogP contribution in [0.15, 0.2) is 33.8 Å². The third-order valence-corrected chi connectivity index (χ3v) is 2.54. The van der Waals surface area contributed by atoms with E-state index < -0.39 is 0 Å². The van der Waals surface area contributed by atoms with Crippen molar-refractivity contribution in [2.24, 2.45) is 0 Å². The molecule has 0 aliphatic heterocycles. The minimum Gasteiger partial charge on any atom is -0.379 e. The van der Waals surface area contributed by atoms with Gasteiger partial charge in [0.25, 0.3) is 0 Å². The Kier molecular flexibility index (Phi) is 4.42. The van der Waals surface area contributed by atoms with Gasteiger partial charge in [0.1, 0.15) is 5.82 Å². The maximum absolute atomic E-state index is 13.2. The van der Waals surface area contributed by atoms with E-state index in [0.29, 0.717) is 12.2 Å². The van der Waals surface area contributed by atoms with Gasteiger partial charge in [-0.1, -0.05) is 27.5 Å². The van der Waals surface area contributed by atoms with Gasteiger partial charge in [0.15, 0.2) is 0 Å². The molecule has 4 heteroatoms. The van der Waals surface area contributed by atoms with E-state index in [2.05, 4.69) is 21.2 Å². The van der Waals surface area contributed by atoms with Gasteiger partial charge in [-0.15, -0.1) is 0 Å². The lowest BCUT2D eigenvalue weighted by Crippen LogP contribution is -2.04. The highest BCUT2D eigenvalue weighted by Gasteiger charge is 2.01. The molecule has 0 saturated carbocycles. The summed E-state index contributed by atoms with van der Waals surface area (Å²) in [6, 6.07) is 4.76. The first-order chi connectivity index (χ1) is 6.63. The Hall–Kier alpha value is -0.540. The second-order valence-corrected chi connectivity index (χ2v) is 4.07. The van der Waals surface area contributed by atoms with Gasteiger partial charge in [0, 0.05) is 16.6 Å². The summed E-state index contributed by atoms with van der Waals surface area (Å²) >= 11 is 8.76. The van der Waals surface area contributed by atoms with Gasteiger partial charge in [0.05, 0.1) is 5.69 Å². The van der Waals surface area contributed by atoms with Gasteiger partial charge in [-0.2, -0.15) is 0 Å². The van der Waals surface area contributed by atoms with Crippen molar-refractivity contribution in [2.75, 3.05) is 11.9 Å². The second kappa shape index (κ2) is 5.37. The quantitative estimate of drug-likeness (QED) is 0.876. The first-order valence-corrected chi connectivity index (χ1v) is 5.31. The van der Waals surface area contributed by atoms with Crippen molar-refractivity contribution in [2.45, 2.75) is 6.92 Å². The summed E-state index contributed by atoms with van der Waals surface area (Å²) in [5.41, 5.74) is 2.89. The molecule has 0 aliphatic rings. The van der Waals surface area contributed by atoms with Gasteiger partial charge < -0.3 is 5.32 Å². The van der Waals surface area contributed by atoms with Crippen LogP contribution in [0.1, 0.15) is 6.92 Å². The number of nitrogens with one attached hydrogen (secondary N) is 1. The van der Waals surface area contributed by atoms with E-state index in [9.17, 15) is 4.39 Å². The Morgan fingerprint density at radius 3 is 3.00 bits per heavy atom. The monoisotopic (exact) mass is 277 g/mol. The fourth-order valence-corrected chi connectivity index (χ4v) is 1.34. The molecule has 1 nitrogen and oxygen atoms in total. The number of halogens is 3. The molecular weight excluding hydrogens is 268 g/mol. The summed E-state index contributed by atoms with van der Waals surface area (Å²) in [4.78, 5) is 0. The smallest absolute Gasteiger partial charge is 0.146 e. The summed E-state index contributed by atoms with van der Waals surface area (Å²) in [5, 5.41) is 2.95. The molecule has 0 atom stereocenters. The Labute approximate surface area is 96.1 Å². The van der Waals surface area contributed by atoms with Gasteiger partial charge in [-0.05, 0) is 30.7 Å². The normalized spacial score (nSPS) is 11.6. The maximum atomic E-state index is 13.2. The summed E-state index contributed by atoms with van der Waals surface area (Å²) in [6.45, 7) is 2.41. The van der Waals surface area contributed by atoms with Gasteiger partial charge in [-0.3, -0.25) is 0 Å². The van der Waals surface area contributed by atoms with Crippen LogP contribution in [0.2, 0.25) is 0 Å². The van der Waals surface area contributed by atoms with Crippen LogP contribution >= 0.6 is 27.5 Å². The predicted octanol–water partition coefficient (Wildman–Crippen LogP) is 4.14. The number of hydrogen-bond acceptors (Lipinski definition) is 1. The van der Waals surface area contributed by atoms with E-state index in [1.807, 2.05) is 6.92 Å². The highest BCUT2D eigenvalue weighted by Crippen LogP contribution is 2.20. The lowest BCUT2D eigenvalue weighted by Gasteiger charge is -2.07. The Bertz CT molecular complexity index is 352. The van der Waals surface area contributed by atoms with Crippen LogP contribution in [0.3, 0.4) is 0 Å². The fraction of sp³-hybridized carbons (Fsp3) is 0.200. The molecule has 14 heavy (non-hydrogen) atoms. The topological polar surface area (TPSA) is 12.0 Å². The molecule has 0 fully saturated rings. The summed E-state index contributed by atoms with van der Waals surface area (Å²) < 4.78 is 14.0. The SMILES string of the molecule is C/C(=C/Cl)CNc1cc(Br)ccc1F. The minimum atomic E-state index is -0.268. The number of benzene rings is 1. The fourth-order valence-electron chi connectivity index (χ4n) is 0.906. The van der Waals surface area contributed by atoms with Gasteiger partial charge >= 0.3 is 0 Å². The zero-order chi connectivity index (χ0) is 10.6. The number of hydrogen-bond donors (Lipinski definition) is 1. The largest absolute Gasteiger partial charge is 0.379 e. The molecule has 1 rings (SSSR count). The van der Waals surface area contributed by atoms with E-state index in [0.717, 1.165) is 10.0 Å². The Morgan fingerprint density at radius 2 is 2.36 bits per heavy atom. The van der Waals surface area contributed by atoms with Gasteiger partial charge in [0.2, 0.25) is 0 Å². The van der Waals surface area contributed by atoms with Crippen molar-refractivity contribution < 1.29 is 4.39 Å². The summed E-state index contributed by atoms with van der Waals surface area (Å²) in [5.74, 6) is -0.268. The molecule has 0 aliphatic carbocycles. The van der Waals surface area contributed by atoms with E-state index in [1.165, 1.54) is 11.6 Å². The van der Waals surface area contributed by atoms with Crippen LogP contribution in [0.4, 0.5) is 10.1 Å². The average molecular weight is 279 g/mol. The molecule has 1 aromatic rings. The Balaban J connectivity index is 2.71. The van der Waals surface area contributed by atoms with Crippen molar-refractivity contribution in [1.29, 1.82) is 0 Å². The van der Waals surface area contributed by atoms with Crippen molar-refractivity contribution >= 4 is 33.2 Å². The van der Waals surface area contributed by atoms with Crippen LogP contribution in [-0.4, -0.2) is 6.54 Å². The molecule has 0 aromatic heterocycles. The van der Waals surface area contributed by atoms with E-state index >= 15 is 0 Å². The van der Waals surface area contributed by atoms with Crippen molar-refractivity contribution in [3.63, 3.8) is 0 Å². The molecule has 0 radical (unpaired) electrons. The molecular formula is C10H10BrClFN. The Morgan fingerprint density at radius 1 is 1.64 bits per heavy atom. The highest BCUT2D eigenvalue weighted by molar-refractivity contribution is 9.10. The van der Waals surface area contributed by atoms with Crippen LogP contribution in [-0.2, 0) is 0 Å². The molecule has 1 N–H and O–H groups in total. The lowest BCUT2D eigenvalue weighted by molar-refractivity contribution is 0.630. The second-order valence-electron chi connectivity index (χ2n) is 2.93. The van der Waals surface area contributed by atoms with E-state index in [1.54, 1.807) is 12.1 Å². The zero-order valence-corrected chi connectivity index (χ0v) is 9.99. The third kappa shape index (κ3) is 3.31. The number of rotatable bonds is 3. The maximum Gasteiger partial charge on any atom is 0.146 e.